The number of carbonyl (C=O) groups excluding carboxylic acids is 1. The van der Waals surface area contributed by atoms with E-state index in [1.807, 2.05) is 31.2 Å². The third-order valence-electron chi connectivity index (χ3n) is 6.03. The molecule has 1 atom stereocenters. The van der Waals surface area contributed by atoms with Crippen molar-refractivity contribution in [3.63, 3.8) is 0 Å². The molecule has 2 aromatic carbocycles. The summed E-state index contributed by atoms with van der Waals surface area (Å²) in [6, 6.07) is 13.1. The number of morpholine rings is 1. The van der Waals surface area contributed by atoms with E-state index in [4.69, 9.17) is 4.74 Å². The molecule has 8 heteroatoms. The molecule has 2 aliphatic heterocycles. The molecule has 0 aliphatic carbocycles. The minimum atomic E-state index is -3.64. The molecule has 0 aromatic heterocycles. The molecule has 0 spiro atoms. The van der Waals surface area contributed by atoms with Crippen molar-refractivity contribution in [2.24, 2.45) is 0 Å². The molecule has 2 aliphatic rings. The van der Waals surface area contributed by atoms with E-state index in [1.165, 1.54) is 11.2 Å². The molecule has 0 radical (unpaired) electrons. The van der Waals surface area contributed by atoms with Crippen molar-refractivity contribution in [2.75, 3.05) is 43.2 Å². The van der Waals surface area contributed by atoms with Gasteiger partial charge in [-0.15, -0.1) is 0 Å². The van der Waals surface area contributed by atoms with E-state index in [0.29, 0.717) is 13.0 Å². The fourth-order valence-corrected chi connectivity index (χ4v) is 5.61. The molecule has 0 saturated carbocycles. The Morgan fingerprint density at radius 1 is 1.13 bits per heavy atom. The summed E-state index contributed by atoms with van der Waals surface area (Å²) in [5.41, 5.74) is 3.76. The highest BCUT2D eigenvalue weighted by Crippen LogP contribution is 2.34. The Hall–Kier alpha value is -2.42. The zero-order valence-electron chi connectivity index (χ0n) is 18.2. The summed E-state index contributed by atoms with van der Waals surface area (Å²) in [5.74, 6) is -0.0282. The highest BCUT2D eigenvalue weighted by molar-refractivity contribution is 7.89. The van der Waals surface area contributed by atoms with Gasteiger partial charge in [0.15, 0.2) is 0 Å². The van der Waals surface area contributed by atoms with Crippen LogP contribution in [0.4, 0.5) is 11.4 Å². The van der Waals surface area contributed by atoms with Gasteiger partial charge >= 0.3 is 0 Å². The SMILES string of the molecule is CC(=O)N1c2ccc(S(=O)(=O)N(C)Cc3ccc(N4CCOCC4)cc3)cc2C[C@H]1C. The number of hydrogen-bond acceptors (Lipinski definition) is 5. The van der Waals surface area contributed by atoms with Gasteiger partial charge in [0.1, 0.15) is 0 Å². The quantitative estimate of drug-likeness (QED) is 0.711. The van der Waals surface area contributed by atoms with Gasteiger partial charge in [-0.25, -0.2) is 8.42 Å². The van der Waals surface area contributed by atoms with Gasteiger partial charge in [0.05, 0.1) is 18.1 Å². The van der Waals surface area contributed by atoms with Gasteiger partial charge in [-0.05, 0) is 54.8 Å². The Morgan fingerprint density at radius 2 is 1.81 bits per heavy atom. The molecule has 2 aromatic rings. The maximum Gasteiger partial charge on any atom is 0.243 e. The topological polar surface area (TPSA) is 70.2 Å². The number of anilines is 2. The molecule has 1 fully saturated rings. The molecule has 0 unspecified atom stereocenters. The number of sulfonamides is 1. The van der Waals surface area contributed by atoms with Crippen molar-refractivity contribution in [3.8, 4) is 0 Å². The molecule has 31 heavy (non-hydrogen) atoms. The van der Waals surface area contributed by atoms with Crippen molar-refractivity contribution in [3.05, 3.63) is 53.6 Å². The number of carbonyl (C=O) groups is 1. The van der Waals surface area contributed by atoms with E-state index in [-0.39, 0.29) is 16.8 Å². The number of amides is 1. The van der Waals surface area contributed by atoms with Crippen LogP contribution in [0.3, 0.4) is 0 Å². The first kappa shape index (κ1) is 21.8. The lowest BCUT2D eigenvalue weighted by molar-refractivity contribution is -0.116. The van der Waals surface area contributed by atoms with Gasteiger partial charge in [0.25, 0.3) is 0 Å². The number of hydrogen-bond donors (Lipinski definition) is 0. The molecule has 0 N–H and O–H groups in total. The zero-order valence-corrected chi connectivity index (χ0v) is 19.1. The van der Waals surface area contributed by atoms with Crippen LogP contribution in [0.25, 0.3) is 0 Å². The summed E-state index contributed by atoms with van der Waals surface area (Å²) in [6.07, 6.45) is 0.658. The van der Waals surface area contributed by atoms with Crippen LogP contribution >= 0.6 is 0 Å². The molecule has 7 nitrogen and oxygen atoms in total. The van der Waals surface area contributed by atoms with Crippen molar-refractivity contribution in [1.82, 2.24) is 4.31 Å². The van der Waals surface area contributed by atoms with E-state index in [2.05, 4.69) is 4.90 Å². The summed E-state index contributed by atoms with van der Waals surface area (Å²) in [7, 11) is -2.04. The fraction of sp³-hybridized carbons (Fsp3) is 0.435. The Bertz CT molecular complexity index is 1060. The van der Waals surface area contributed by atoms with Crippen LogP contribution in [-0.2, 0) is 32.5 Å². The van der Waals surface area contributed by atoms with Gasteiger partial charge in [0.2, 0.25) is 15.9 Å². The molecule has 1 amide bonds. The zero-order chi connectivity index (χ0) is 22.2. The Kier molecular flexibility index (Phi) is 6.05. The van der Waals surface area contributed by atoms with E-state index in [0.717, 1.165) is 48.8 Å². The minimum Gasteiger partial charge on any atom is -0.378 e. The summed E-state index contributed by atoms with van der Waals surface area (Å²) in [4.78, 5) is 16.2. The number of fused-ring (bicyclic) bond motifs is 1. The Balaban J connectivity index is 1.49. The Morgan fingerprint density at radius 3 is 2.45 bits per heavy atom. The van der Waals surface area contributed by atoms with E-state index in [1.54, 1.807) is 30.1 Å². The number of ether oxygens (including phenoxy) is 1. The van der Waals surface area contributed by atoms with Crippen LogP contribution in [0.15, 0.2) is 47.4 Å². The summed E-state index contributed by atoms with van der Waals surface area (Å²) in [6.45, 7) is 6.99. The lowest BCUT2D eigenvalue weighted by Gasteiger charge is -2.29. The normalized spacial score (nSPS) is 19.0. The van der Waals surface area contributed by atoms with Crippen molar-refractivity contribution in [1.29, 1.82) is 0 Å². The van der Waals surface area contributed by atoms with E-state index >= 15 is 0 Å². The van der Waals surface area contributed by atoms with Crippen molar-refractivity contribution >= 4 is 27.3 Å². The van der Waals surface area contributed by atoms with Crippen LogP contribution in [-0.4, -0.2) is 58.0 Å². The second-order valence-electron chi connectivity index (χ2n) is 8.26. The second kappa shape index (κ2) is 8.61. The van der Waals surface area contributed by atoms with Gasteiger partial charge in [-0.3, -0.25) is 4.79 Å². The lowest BCUT2D eigenvalue weighted by atomic mass is 10.1. The van der Waals surface area contributed by atoms with E-state index in [9.17, 15) is 13.2 Å². The summed E-state index contributed by atoms with van der Waals surface area (Å²) >= 11 is 0. The number of benzene rings is 2. The smallest absolute Gasteiger partial charge is 0.243 e. The standard InChI is InChI=1S/C23H29N3O4S/c1-17-14-20-15-22(8-9-23(20)26(17)18(2)27)31(28,29)24(3)16-19-4-6-21(7-5-19)25-10-12-30-13-11-25/h4-9,15,17H,10-14,16H2,1-3H3/t17-/m1/s1. The van der Waals surface area contributed by atoms with Crippen LogP contribution in [0.1, 0.15) is 25.0 Å². The molecule has 1 saturated heterocycles. The fourth-order valence-electron chi connectivity index (χ4n) is 4.40. The van der Waals surface area contributed by atoms with Gasteiger partial charge < -0.3 is 14.5 Å². The lowest BCUT2D eigenvalue weighted by Crippen LogP contribution is -2.36. The van der Waals surface area contributed by atoms with Crippen LogP contribution < -0.4 is 9.80 Å². The average Bonchev–Trinajstić information content (AvgIpc) is 3.10. The first-order valence-electron chi connectivity index (χ1n) is 10.6. The minimum absolute atomic E-state index is 0.0282. The van der Waals surface area contributed by atoms with Gasteiger partial charge in [-0.1, -0.05) is 12.1 Å². The highest BCUT2D eigenvalue weighted by atomic mass is 32.2. The molecule has 166 valence electrons. The predicted octanol–water partition coefficient (Wildman–Crippen LogP) is 2.64. The molecule has 2 heterocycles. The van der Waals surface area contributed by atoms with Gasteiger partial charge in [-0.2, -0.15) is 4.31 Å². The third-order valence-corrected chi connectivity index (χ3v) is 7.83. The maximum atomic E-state index is 13.2. The first-order valence-corrected chi connectivity index (χ1v) is 12.0. The Labute approximate surface area is 184 Å². The summed E-state index contributed by atoms with van der Waals surface area (Å²) in [5, 5.41) is 0. The first-order chi connectivity index (χ1) is 14.8. The van der Waals surface area contributed by atoms with E-state index < -0.39 is 10.0 Å². The van der Waals surface area contributed by atoms with Crippen LogP contribution in [0.5, 0.6) is 0 Å². The largest absolute Gasteiger partial charge is 0.378 e. The summed E-state index contributed by atoms with van der Waals surface area (Å²) < 4.78 is 33.1. The van der Waals surface area contributed by atoms with Crippen molar-refractivity contribution in [2.45, 2.75) is 37.8 Å². The monoisotopic (exact) mass is 443 g/mol. The average molecular weight is 444 g/mol. The van der Waals surface area contributed by atoms with Crippen molar-refractivity contribution < 1.29 is 17.9 Å². The maximum absolute atomic E-state index is 13.2. The number of rotatable bonds is 5. The highest BCUT2D eigenvalue weighted by Gasteiger charge is 2.31. The molecular formula is C23H29N3O4S. The van der Waals surface area contributed by atoms with Crippen LogP contribution in [0, 0.1) is 0 Å². The molecule has 0 bridgehead atoms. The third kappa shape index (κ3) is 4.33. The van der Waals surface area contributed by atoms with Crippen LogP contribution in [0.2, 0.25) is 0 Å². The predicted molar refractivity (Wildman–Crippen MR) is 121 cm³/mol. The molecular weight excluding hydrogens is 414 g/mol. The molecule has 4 rings (SSSR count). The second-order valence-corrected chi connectivity index (χ2v) is 10.3. The number of nitrogens with zero attached hydrogens (tertiary/aromatic N) is 3. The van der Waals surface area contributed by atoms with Gasteiger partial charge in [0, 0.05) is 51.0 Å².